The zero-order chi connectivity index (χ0) is 20.7. The first-order chi connectivity index (χ1) is 13.9. The molecular formula is C23H25F3N2S. The maximum atomic E-state index is 12.9. The molecule has 0 saturated heterocycles. The first kappa shape index (κ1) is 21.5. The molecule has 1 N–H and O–H groups in total. The van der Waals surface area contributed by atoms with Gasteiger partial charge in [0.15, 0.2) is 0 Å². The van der Waals surface area contributed by atoms with E-state index in [1.807, 2.05) is 6.07 Å². The number of hydrogen-bond donors (Lipinski definition) is 1. The van der Waals surface area contributed by atoms with E-state index >= 15 is 0 Å². The van der Waals surface area contributed by atoms with Crippen LogP contribution in [0.2, 0.25) is 0 Å². The van der Waals surface area contributed by atoms with E-state index in [0.717, 1.165) is 60.4 Å². The number of nitrogens with one attached hydrogen (secondary N) is 1. The lowest BCUT2D eigenvalue weighted by molar-refractivity contribution is -0.137. The van der Waals surface area contributed by atoms with E-state index < -0.39 is 11.7 Å². The minimum absolute atomic E-state index is 0.395. The Balaban J connectivity index is 1.40. The third-order valence-electron chi connectivity index (χ3n) is 4.71. The Morgan fingerprint density at radius 3 is 2.59 bits per heavy atom. The molecule has 29 heavy (non-hydrogen) atoms. The summed E-state index contributed by atoms with van der Waals surface area (Å²) in [7, 11) is 0. The number of pyridine rings is 1. The van der Waals surface area contributed by atoms with Crippen LogP contribution in [0, 0.1) is 6.92 Å². The summed E-state index contributed by atoms with van der Waals surface area (Å²) >= 11 is 1.69. The lowest BCUT2D eigenvalue weighted by atomic mass is 10.1. The molecule has 1 heterocycles. The first-order valence-corrected chi connectivity index (χ1v) is 10.8. The van der Waals surface area contributed by atoms with Crippen molar-refractivity contribution >= 4 is 28.4 Å². The van der Waals surface area contributed by atoms with Crippen molar-refractivity contribution in [2.45, 2.75) is 43.7 Å². The van der Waals surface area contributed by atoms with E-state index in [9.17, 15) is 13.2 Å². The molecule has 0 spiro atoms. The molecule has 2 aromatic carbocycles. The Morgan fingerprint density at radius 2 is 1.79 bits per heavy atom. The number of alkyl halides is 3. The molecule has 0 radical (unpaired) electrons. The lowest BCUT2D eigenvalue weighted by Gasteiger charge is -2.10. The number of anilines is 1. The number of rotatable bonds is 9. The second kappa shape index (κ2) is 10.0. The molecule has 2 nitrogen and oxygen atoms in total. The summed E-state index contributed by atoms with van der Waals surface area (Å²) in [4.78, 5) is 5.09. The number of unbranched alkanes of at least 4 members (excludes halogenated alkanes) is 3. The van der Waals surface area contributed by atoms with E-state index in [4.69, 9.17) is 0 Å². The third-order valence-corrected chi connectivity index (χ3v) is 5.87. The molecule has 1 aromatic heterocycles. The summed E-state index contributed by atoms with van der Waals surface area (Å²) in [5.41, 5.74) is 2.16. The van der Waals surface area contributed by atoms with E-state index in [1.165, 1.54) is 17.3 Å². The van der Waals surface area contributed by atoms with Crippen molar-refractivity contribution in [2.75, 3.05) is 17.6 Å². The molecule has 0 aliphatic carbocycles. The summed E-state index contributed by atoms with van der Waals surface area (Å²) in [6.07, 6.45) is 1.75. The minimum atomic E-state index is -4.34. The van der Waals surface area contributed by atoms with Crippen LogP contribution in [0.1, 0.15) is 36.8 Å². The van der Waals surface area contributed by atoms with Crippen LogP contribution in [-0.4, -0.2) is 17.3 Å². The summed E-state index contributed by atoms with van der Waals surface area (Å²) in [6, 6.07) is 14.0. The number of hydrogen-bond acceptors (Lipinski definition) is 3. The summed E-state index contributed by atoms with van der Waals surface area (Å²) in [6.45, 7) is 3.05. The number of aromatic nitrogens is 1. The predicted octanol–water partition coefficient (Wildman–Crippen LogP) is 7.33. The molecule has 0 bridgehead atoms. The smallest absolute Gasteiger partial charge is 0.385 e. The predicted molar refractivity (Wildman–Crippen MR) is 116 cm³/mol. The number of thioether (sulfide) groups is 1. The number of nitrogens with zero attached hydrogens (tertiary/aromatic N) is 1. The number of halogens is 3. The van der Waals surface area contributed by atoms with Gasteiger partial charge in [-0.1, -0.05) is 31.0 Å². The van der Waals surface area contributed by atoms with Crippen molar-refractivity contribution in [1.82, 2.24) is 4.98 Å². The Morgan fingerprint density at radius 1 is 0.966 bits per heavy atom. The molecule has 3 rings (SSSR count). The summed E-state index contributed by atoms with van der Waals surface area (Å²) in [5, 5.41) is 4.23. The van der Waals surface area contributed by atoms with Crippen LogP contribution in [-0.2, 0) is 6.18 Å². The Hall–Kier alpha value is -2.21. The van der Waals surface area contributed by atoms with Crippen LogP contribution in [0.5, 0.6) is 0 Å². The average Bonchev–Trinajstić information content (AvgIpc) is 2.69. The Labute approximate surface area is 173 Å². The number of benzene rings is 2. The highest BCUT2D eigenvalue weighted by molar-refractivity contribution is 7.99. The van der Waals surface area contributed by atoms with Crippen LogP contribution in [0.4, 0.5) is 18.9 Å². The highest BCUT2D eigenvalue weighted by atomic mass is 32.2. The largest absolute Gasteiger partial charge is 0.416 e. The number of fused-ring (bicyclic) bond motifs is 1. The van der Waals surface area contributed by atoms with Gasteiger partial charge in [0.2, 0.25) is 0 Å². The van der Waals surface area contributed by atoms with Gasteiger partial charge in [0.1, 0.15) is 0 Å². The quantitative estimate of drug-likeness (QED) is 0.291. The molecule has 0 fully saturated rings. The fourth-order valence-corrected chi connectivity index (χ4v) is 4.23. The van der Waals surface area contributed by atoms with Crippen LogP contribution in [0.15, 0.2) is 59.6 Å². The van der Waals surface area contributed by atoms with E-state index in [2.05, 4.69) is 41.5 Å². The van der Waals surface area contributed by atoms with Crippen molar-refractivity contribution < 1.29 is 13.2 Å². The van der Waals surface area contributed by atoms with Crippen LogP contribution < -0.4 is 5.32 Å². The second-order valence-corrected chi connectivity index (χ2v) is 8.23. The molecule has 0 atom stereocenters. The van der Waals surface area contributed by atoms with Crippen molar-refractivity contribution in [1.29, 1.82) is 0 Å². The SMILES string of the molecule is Cc1cccc(NCCCCCCSc2ccnc3cc(C(F)(F)F)ccc23)c1. The van der Waals surface area contributed by atoms with E-state index in [1.54, 1.807) is 18.0 Å². The molecular weight excluding hydrogens is 393 g/mol. The van der Waals surface area contributed by atoms with Crippen molar-refractivity contribution in [2.24, 2.45) is 0 Å². The summed E-state index contributed by atoms with van der Waals surface area (Å²) < 4.78 is 38.6. The first-order valence-electron chi connectivity index (χ1n) is 9.83. The minimum Gasteiger partial charge on any atom is -0.385 e. The Bertz CT molecular complexity index is 941. The zero-order valence-electron chi connectivity index (χ0n) is 16.4. The van der Waals surface area contributed by atoms with Gasteiger partial charge in [-0.2, -0.15) is 13.2 Å². The van der Waals surface area contributed by atoms with Gasteiger partial charge in [-0.25, -0.2) is 0 Å². The standard InChI is InChI=1S/C23H25F3N2S/c1-17-7-6-8-19(15-17)27-12-4-2-3-5-14-29-22-11-13-28-21-16-18(23(24,25)26)9-10-20(21)22/h6-11,13,15-16,27H,2-5,12,14H2,1H3. The molecule has 6 heteroatoms. The maximum Gasteiger partial charge on any atom is 0.416 e. The van der Waals surface area contributed by atoms with Gasteiger partial charge in [-0.05, 0) is 61.4 Å². The van der Waals surface area contributed by atoms with Crippen molar-refractivity contribution in [3.8, 4) is 0 Å². The van der Waals surface area contributed by atoms with Gasteiger partial charge in [0, 0.05) is 28.7 Å². The zero-order valence-corrected chi connectivity index (χ0v) is 17.2. The average molecular weight is 419 g/mol. The monoisotopic (exact) mass is 418 g/mol. The highest BCUT2D eigenvalue weighted by Gasteiger charge is 2.30. The fourth-order valence-electron chi connectivity index (χ4n) is 3.17. The van der Waals surface area contributed by atoms with Gasteiger partial charge in [0.25, 0.3) is 0 Å². The molecule has 0 saturated carbocycles. The van der Waals surface area contributed by atoms with Crippen LogP contribution >= 0.6 is 11.8 Å². The van der Waals surface area contributed by atoms with Gasteiger partial charge in [-0.3, -0.25) is 4.98 Å². The van der Waals surface area contributed by atoms with Gasteiger partial charge < -0.3 is 5.32 Å². The molecule has 0 unspecified atom stereocenters. The lowest BCUT2D eigenvalue weighted by Crippen LogP contribution is -2.04. The number of aryl methyl sites for hydroxylation is 1. The molecule has 0 aliphatic heterocycles. The van der Waals surface area contributed by atoms with Gasteiger partial charge in [-0.15, -0.1) is 11.8 Å². The molecule has 0 amide bonds. The van der Waals surface area contributed by atoms with Gasteiger partial charge in [0.05, 0.1) is 11.1 Å². The second-order valence-electron chi connectivity index (χ2n) is 7.10. The topological polar surface area (TPSA) is 24.9 Å². The highest BCUT2D eigenvalue weighted by Crippen LogP contribution is 2.33. The molecule has 3 aromatic rings. The van der Waals surface area contributed by atoms with Crippen LogP contribution in [0.25, 0.3) is 10.9 Å². The molecule has 0 aliphatic rings. The van der Waals surface area contributed by atoms with Crippen molar-refractivity contribution in [3.05, 3.63) is 65.9 Å². The van der Waals surface area contributed by atoms with E-state index in [-0.39, 0.29) is 0 Å². The Kier molecular flexibility index (Phi) is 7.42. The third kappa shape index (κ3) is 6.39. The maximum absolute atomic E-state index is 12.9. The molecule has 154 valence electrons. The fraction of sp³-hybridized carbons (Fsp3) is 0.348. The summed E-state index contributed by atoms with van der Waals surface area (Å²) in [5.74, 6) is 0.950. The normalized spacial score (nSPS) is 11.7. The van der Waals surface area contributed by atoms with E-state index in [0.29, 0.717) is 5.52 Å². The van der Waals surface area contributed by atoms with Gasteiger partial charge >= 0.3 is 6.18 Å². The van der Waals surface area contributed by atoms with Crippen LogP contribution in [0.3, 0.4) is 0 Å². The van der Waals surface area contributed by atoms with Crippen molar-refractivity contribution in [3.63, 3.8) is 0 Å².